The van der Waals surface area contributed by atoms with E-state index < -0.39 is 0 Å². The van der Waals surface area contributed by atoms with Gasteiger partial charge < -0.3 is 10.0 Å². The normalized spacial score (nSPS) is 14.9. The third-order valence-corrected chi connectivity index (χ3v) is 2.78. The van der Waals surface area contributed by atoms with Crippen LogP contribution in [0, 0.1) is 0 Å². The van der Waals surface area contributed by atoms with Crippen LogP contribution in [0.2, 0.25) is 0 Å². The number of phenols is 1. The van der Waals surface area contributed by atoms with Gasteiger partial charge in [0, 0.05) is 11.5 Å². The zero-order valence-electron chi connectivity index (χ0n) is 7.04. The maximum atomic E-state index is 11.3. The number of hydrogen-bond donors (Lipinski definition) is 1. The summed E-state index contributed by atoms with van der Waals surface area (Å²) in [6.07, 6.45) is 0.374. The molecule has 0 aromatic heterocycles. The van der Waals surface area contributed by atoms with Crippen LogP contribution in [0.15, 0.2) is 16.6 Å². The van der Waals surface area contributed by atoms with E-state index in [4.69, 9.17) is 0 Å². The Morgan fingerprint density at radius 3 is 2.92 bits per heavy atom. The van der Waals surface area contributed by atoms with E-state index in [-0.39, 0.29) is 11.7 Å². The molecular weight excluding hydrogens is 234 g/mol. The molecule has 0 unspecified atom stereocenters. The number of carbonyl (C=O) groups excluding carboxylic acids is 1. The molecule has 1 heterocycles. The van der Waals surface area contributed by atoms with Gasteiger partial charge in [-0.3, -0.25) is 4.79 Å². The summed E-state index contributed by atoms with van der Waals surface area (Å²) < 4.78 is 0.760. The van der Waals surface area contributed by atoms with Gasteiger partial charge in [0.05, 0.1) is 12.1 Å². The number of carbonyl (C=O) groups is 1. The van der Waals surface area contributed by atoms with Gasteiger partial charge in [-0.05, 0) is 33.6 Å². The van der Waals surface area contributed by atoms with E-state index in [1.54, 1.807) is 24.1 Å². The molecule has 1 aromatic rings. The predicted molar refractivity (Wildman–Crippen MR) is 52.9 cm³/mol. The fraction of sp³-hybridized carbons (Fsp3) is 0.222. The first-order chi connectivity index (χ1) is 6.09. The number of halogens is 1. The number of phenolic OH excluding ortho intramolecular Hbond substituents is 1. The molecule has 1 N–H and O–H groups in total. The van der Waals surface area contributed by atoms with Crippen molar-refractivity contribution in [3.63, 3.8) is 0 Å². The number of aromatic hydroxyl groups is 1. The van der Waals surface area contributed by atoms with Crippen molar-refractivity contribution < 1.29 is 9.90 Å². The Bertz CT molecular complexity index is 389. The number of anilines is 1. The van der Waals surface area contributed by atoms with Crippen molar-refractivity contribution in [3.8, 4) is 5.75 Å². The Balaban J connectivity index is 2.64. The second-order valence-corrected chi connectivity index (χ2v) is 3.92. The standard InChI is InChI=1S/C9H8BrNO2/c1-11-8(13)3-5-2-6(12)4-7(10)9(5)11/h2,4,12H,3H2,1H3. The van der Waals surface area contributed by atoms with Crippen molar-refractivity contribution in [3.05, 3.63) is 22.2 Å². The van der Waals surface area contributed by atoms with Crippen LogP contribution >= 0.6 is 15.9 Å². The molecule has 0 saturated carbocycles. The SMILES string of the molecule is CN1C(=O)Cc2cc(O)cc(Br)c21. The maximum Gasteiger partial charge on any atom is 0.231 e. The fourth-order valence-corrected chi connectivity index (χ4v) is 2.31. The summed E-state index contributed by atoms with van der Waals surface area (Å²) in [5.74, 6) is 0.245. The summed E-state index contributed by atoms with van der Waals surface area (Å²) in [4.78, 5) is 12.9. The first-order valence-electron chi connectivity index (χ1n) is 3.87. The molecule has 3 nitrogen and oxygen atoms in total. The van der Waals surface area contributed by atoms with Gasteiger partial charge >= 0.3 is 0 Å². The highest BCUT2D eigenvalue weighted by Gasteiger charge is 2.26. The molecule has 1 aliphatic rings. The number of rotatable bonds is 0. The van der Waals surface area contributed by atoms with Crippen molar-refractivity contribution in [1.29, 1.82) is 0 Å². The zero-order valence-corrected chi connectivity index (χ0v) is 8.63. The molecule has 13 heavy (non-hydrogen) atoms. The third kappa shape index (κ3) is 1.21. The maximum absolute atomic E-state index is 11.3. The van der Waals surface area contributed by atoms with Crippen LogP contribution in [0.4, 0.5) is 5.69 Å². The number of benzene rings is 1. The summed E-state index contributed by atoms with van der Waals surface area (Å²) in [6.45, 7) is 0. The lowest BCUT2D eigenvalue weighted by Crippen LogP contribution is -2.20. The molecule has 0 bridgehead atoms. The van der Waals surface area contributed by atoms with Crippen LogP contribution in [0.5, 0.6) is 5.75 Å². The lowest BCUT2D eigenvalue weighted by atomic mass is 10.1. The van der Waals surface area contributed by atoms with Crippen LogP contribution in [0.25, 0.3) is 0 Å². The van der Waals surface area contributed by atoms with Crippen molar-refractivity contribution in [1.82, 2.24) is 0 Å². The van der Waals surface area contributed by atoms with Crippen LogP contribution < -0.4 is 4.90 Å². The first-order valence-corrected chi connectivity index (χ1v) is 4.67. The van der Waals surface area contributed by atoms with Gasteiger partial charge in [-0.15, -0.1) is 0 Å². The molecule has 2 rings (SSSR count). The molecule has 0 spiro atoms. The highest BCUT2D eigenvalue weighted by atomic mass is 79.9. The predicted octanol–water partition coefficient (Wildman–Crippen LogP) is 1.67. The Labute approximate surface area is 84.1 Å². The van der Waals surface area contributed by atoms with E-state index in [0.717, 1.165) is 15.7 Å². The van der Waals surface area contributed by atoms with Gasteiger partial charge in [0.2, 0.25) is 5.91 Å². The highest BCUT2D eigenvalue weighted by molar-refractivity contribution is 9.10. The van der Waals surface area contributed by atoms with Gasteiger partial charge in [0.1, 0.15) is 5.75 Å². The fourth-order valence-electron chi connectivity index (χ4n) is 1.56. The molecular formula is C9H8BrNO2. The molecule has 1 amide bonds. The van der Waals surface area contributed by atoms with Crippen molar-refractivity contribution >= 4 is 27.5 Å². The summed E-state index contributed by atoms with van der Waals surface area (Å²) in [6, 6.07) is 3.22. The minimum atomic E-state index is 0.0568. The number of amides is 1. The summed E-state index contributed by atoms with van der Waals surface area (Å²) in [5, 5.41) is 9.29. The smallest absolute Gasteiger partial charge is 0.231 e. The Morgan fingerprint density at radius 1 is 1.54 bits per heavy atom. The van der Waals surface area contributed by atoms with E-state index in [1.807, 2.05) is 0 Å². The average molecular weight is 242 g/mol. The minimum Gasteiger partial charge on any atom is -0.508 e. The molecule has 0 atom stereocenters. The van der Waals surface area contributed by atoms with E-state index in [2.05, 4.69) is 15.9 Å². The summed E-state index contributed by atoms with van der Waals surface area (Å²) in [5.41, 5.74) is 1.74. The second-order valence-electron chi connectivity index (χ2n) is 3.06. The quantitative estimate of drug-likeness (QED) is 0.751. The minimum absolute atomic E-state index is 0.0568. The van der Waals surface area contributed by atoms with Crippen LogP contribution in [-0.2, 0) is 11.2 Å². The molecule has 4 heteroatoms. The van der Waals surface area contributed by atoms with E-state index in [0.29, 0.717) is 6.42 Å². The van der Waals surface area contributed by atoms with E-state index in [9.17, 15) is 9.90 Å². The number of likely N-dealkylation sites (N-methyl/N-ethyl adjacent to an activating group) is 1. The monoisotopic (exact) mass is 241 g/mol. The van der Waals surface area contributed by atoms with Gasteiger partial charge in [-0.2, -0.15) is 0 Å². The van der Waals surface area contributed by atoms with Gasteiger partial charge in [-0.1, -0.05) is 0 Å². The summed E-state index contributed by atoms with van der Waals surface area (Å²) in [7, 11) is 1.73. The average Bonchev–Trinajstić information content (AvgIpc) is 2.27. The molecule has 1 aromatic carbocycles. The van der Waals surface area contributed by atoms with E-state index >= 15 is 0 Å². The van der Waals surface area contributed by atoms with Crippen molar-refractivity contribution in [2.24, 2.45) is 0 Å². The molecule has 0 radical (unpaired) electrons. The number of hydrogen-bond acceptors (Lipinski definition) is 2. The second kappa shape index (κ2) is 2.73. The lowest BCUT2D eigenvalue weighted by molar-refractivity contribution is -0.117. The lowest BCUT2D eigenvalue weighted by Gasteiger charge is -2.11. The Kier molecular flexibility index (Phi) is 1.80. The van der Waals surface area contributed by atoms with Crippen LogP contribution in [-0.4, -0.2) is 18.1 Å². The van der Waals surface area contributed by atoms with E-state index in [1.165, 1.54) is 0 Å². The molecule has 0 fully saturated rings. The van der Waals surface area contributed by atoms with Crippen LogP contribution in [0.3, 0.4) is 0 Å². The molecule has 0 aliphatic carbocycles. The van der Waals surface area contributed by atoms with Gasteiger partial charge in [-0.25, -0.2) is 0 Å². The van der Waals surface area contributed by atoms with Crippen molar-refractivity contribution in [2.45, 2.75) is 6.42 Å². The van der Waals surface area contributed by atoms with Crippen LogP contribution in [0.1, 0.15) is 5.56 Å². The molecule has 1 aliphatic heterocycles. The van der Waals surface area contributed by atoms with Crippen molar-refractivity contribution in [2.75, 3.05) is 11.9 Å². The Hall–Kier alpha value is -1.03. The third-order valence-electron chi connectivity index (χ3n) is 2.18. The summed E-state index contributed by atoms with van der Waals surface area (Å²) >= 11 is 3.31. The number of fused-ring (bicyclic) bond motifs is 1. The number of nitrogens with zero attached hydrogens (tertiary/aromatic N) is 1. The topological polar surface area (TPSA) is 40.5 Å². The van der Waals surface area contributed by atoms with Gasteiger partial charge in [0.25, 0.3) is 0 Å². The largest absolute Gasteiger partial charge is 0.508 e. The molecule has 68 valence electrons. The first kappa shape index (κ1) is 8.56. The Morgan fingerprint density at radius 2 is 2.23 bits per heavy atom. The van der Waals surface area contributed by atoms with Gasteiger partial charge in [0.15, 0.2) is 0 Å². The molecule has 0 saturated heterocycles. The zero-order chi connectivity index (χ0) is 9.59. The highest BCUT2D eigenvalue weighted by Crippen LogP contribution is 2.37.